The molecular weight excluding hydrogens is 441 g/mol. The van der Waals surface area contributed by atoms with Crippen LogP contribution in [0.25, 0.3) is 16.6 Å². The van der Waals surface area contributed by atoms with Gasteiger partial charge in [-0.15, -0.1) is 0 Å². The molecule has 2 N–H and O–H groups in total. The van der Waals surface area contributed by atoms with E-state index in [1.165, 1.54) is 42.5 Å². The molecule has 0 amide bonds. The quantitative estimate of drug-likeness (QED) is 0.263. The van der Waals surface area contributed by atoms with Crippen LogP contribution in [0, 0.1) is 5.82 Å². The number of nitrogen functional groups attached to an aromatic ring is 1. The van der Waals surface area contributed by atoms with E-state index in [1.54, 1.807) is 16.8 Å². The van der Waals surface area contributed by atoms with Gasteiger partial charge < -0.3 is 15.0 Å². The molecule has 4 aromatic rings. The number of hydrogen-bond acceptors (Lipinski definition) is 2. The van der Waals surface area contributed by atoms with Crippen molar-refractivity contribution >= 4 is 16.6 Å². The third kappa shape index (κ3) is 4.08. The highest BCUT2D eigenvalue weighted by atomic mass is 19.4. The SMILES string of the molecule is Nc1cc(C(F)(F)F)c(Oc2ccc3c(ccn3-c3ccc(F)cc3)c2)c(C(F)(F)F)c1. The Hall–Kier alpha value is -3.69. The number of aromatic nitrogens is 1. The largest absolute Gasteiger partial charge is 0.456 e. The molecule has 0 saturated heterocycles. The maximum atomic E-state index is 13.4. The van der Waals surface area contributed by atoms with Gasteiger partial charge in [0.05, 0.1) is 5.52 Å². The van der Waals surface area contributed by atoms with Crippen LogP contribution >= 0.6 is 0 Å². The highest BCUT2D eigenvalue weighted by molar-refractivity contribution is 5.83. The van der Waals surface area contributed by atoms with Crippen molar-refractivity contribution in [1.29, 1.82) is 0 Å². The van der Waals surface area contributed by atoms with Crippen LogP contribution in [0.1, 0.15) is 11.1 Å². The van der Waals surface area contributed by atoms with Crippen LogP contribution in [0.4, 0.5) is 36.4 Å². The van der Waals surface area contributed by atoms with E-state index in [1.807, 2.05) is 0 Å². The number of ether oxygens (including phenoxy) is 1. The first-order valence-electron chi connectivity index (χ1n) is 9.06. The van der Waals surface area contributed by atoms with Gasteiger partial charge in [-0.3, -0.25) is 0 Å². The summed E-state index contributed by atoms with van der Waals surface area (Å²) in [5.74, 6) is -2.03. The van der Waals surface area contributed by atoms with E-state index in [0.29, 0.717) is 28.7 Å². The van der Waals surface area contributed by atoms with Crippen LogP contribution in [0.3, 0.4) is 0 Å². The molecule has 3 nitrogen and oxygen atoms in total. The normalized spacial score (nSPS) is 12.3. The molecule has 0 aliphatic rings. The molecule has 1 aromatic heterocycles. The number of halogens is 7. The van der Waals surface area contributed by atoms with Crippen molar-refractivity contribution in [3.05, 3.63) is 83.8 Å². The van der Waals surface area contributed by atoms with Crippen molar-refractivity contribution in [3.8, 4) is 17.2 Å². The highest BCUT2D eigenvalue weighted by Gasteiger charge is 2.42. The lowest BCUT2D eigenvalue weighted by atomic mass is 10.1. The van der Waals surface area contributed by atoms with E-state index >= 15 is 0 Å². The van der Waals surface area contributed by atoms with Gasteiger partial charge in [0.15, 0.2) is 5.75 Å². The monoisotopic (exact) mass is 454 g/mol. The summed E-state index contributed by atoms with van der Waals surface area (Å²) in [6, 6.07) is 12.0. The summed E-state index contributed by atoms with van der Waals surface area (Å²) in [5, 5.41) is 0.490. The van der Waals surface area contributed by atoms with E-state index in [4.69, 9.17) is 10.5 Å². The summed E-state index contributed by atoms with van der Waals surface area (Å²) in [6.45, 7) is 0. The maximum Gasteiger partial charge on any atom is 0.420 e. The van der Waals surface area contributed by atoms with E-state index in [9.17, 15) is 30.7 Å². The van der Waals surface area contributed by atoms with Crippen LogP contribution in [0.5, 0.6) is 11.5 Å². The summed E-state index contributed by atoms with van der Waals surface area (Å²) < 4.78 is 101. The molecule has 4 rings (SSSR count). The lowest BCUT2D eigenvalue weighted by Crippen LogP contribution is -2.15. The molecule has 0 radical (unpaired) electrons. The Morgan fingerprint density at radius 1 is 0.750 bits per heavy atom. The second-order valence-electron chi connectivity index (χ2n) is 6.93. The molecule has 1 heterocycles. The van der Waals surface area contributed by atoms with Gasteiger partial charge in [-0.05, 0) is 60.7 Å². The average Bonchev–Trinajstić information content (AvgIpc) is 3.11. The Labute approximate surface area is 176 Å². The minimum absolute atomic E-state index is 0.227. The zero-order valence-corrected chi connectivity index (χ0v) is 15.9. The second-order valence-corrected chi connectivity index (χ2v) is 6.93. The van der Waals surface area contributed by atoms with Crippen molar-refractivity contribution in [3.63, 3.8) is 0 Å². The lowest BCUT2D eigenvalue weighted by molar-refractivity contribution is -0.144. The van der Waals surface area contributed by atoms with Crippen molar-refractivity contribution in [2.24, 2.45) is 0 Å². The summed E-state index contributed by atoms with van der Waals surface area (Å²) >= 11 is 0. The van der Waals surface area contributed by atoms with Crippen LogP contribution < -0.4 is 10.5 Å². The molecule has 0 aliphatic carbocycles. The molecule has 0 aliphatic heterocycles. The smallest absolute Gasteiger partial charge is 0.420 e. The van der Waals surface area contributed by atoms with Crippen molar-refractivity contribution in [2.75, 3.05) is 5.73 Å². The van der Waals surface area contributed by atoms with E-state index < -0.39 is 40.7 Å². The van der Waals surface area contributed by atoms with E-state index in [-0.39, 0.29) is 5.75 Å². The number of hydrogen-bond donors (Lipinski definition) is 1. The molecule has 0 spiro atoms. The molecule has 32 heavy (non-hydrogen) atoms. The minimum atomic E-state index is -5.12. The first kappa shape index (κ1) is 21.5. The number of alkyl halides is 6. The number of rotatable bonds is 3. The lowest BCUT2D eigenvalue weighted by Gasteiger charge is -2.20. The fourth-order valence-corrected chi connectivity index (χ4v) is 3.31. The third-order valence-electron chi connectivity index (χ3n) is 4.71. The minimum Gasteiger partial charge on any atom is -0.456 e. The zero-order valence-electron chi connectivity index (χ0n) is 15.9. The number of nitrogens with two attached hydrogens (primary N) is 1. The molecule has 0 fully saturated rings. The Morgan fingerprint density at radius 2 is 1.34 bits per heavy atom. The zero-order chi connectivity index (χ0) is 23.3. The highest BCUT2D eigenvalue weighted by Crippen LogP contribution is 2.47. The summed E-state index contributed by atoms with van der Waals surface area (Å²) in [4.78, 5) is 0. The number of fused-ring (bicyclic) bond motifs is 1. The molecule has 3 aromatic carbocycles. The summed E-state index contributed by atoms with van der Waals surface area (Å²) in [6.07, 6.45) is -8.62. The molecule has 166 valence electrons. The van der Waals surface area contributed by atoms with E-state index in [2.05, 4.69) is 0 Å². The predicted molar refractivity (Wildman–Crippen MR) is 104 cm³/mol. The van der Waals surface area contributed by atoms with Crippen LogP contribution in [0.2, 0.25) is 0 Å². The molecule has 10 heteroatoms. The molecule has 0 bridgehead atoms. The summed E-state index contributed by atoms with van der Waals surface area (Å²) in [7, 11) is 0. The van der Waals surface area contributed by atoms with Gasteiger partial charge in [0, 0.05) is 23.0 Å². The van der Waals surface area contributed by atoms with Gasteiger partial charge in [-0.2, -0.15) is 26.3 Å². The fraction of sp³-hybridized carbons (Fsp3) is 0.0909. The molecule has 0 unspecified atom stereocenters. The van der Waals surface area contributed by atoms with Gasteiger partial charge in [-0.25, -0.2) is 4.39 Å². The first-order valence-corrected chi connectivity index (χ1v) is 9.06. The van der Waals surface area contributed by atoms with E-state index in [0.717, 1.165) is 0 Å². The number of anilines is 1. The van der Waals surface area contributed by atoms with Crippen molar-refractivity contribution < 1.29 is 35.5 Å². The number of benzene rings is 3. The van der Waals surface area contributed by atoms with Crippen molar-refractivity contribution in [2.45, 2.75) is 12.4 Å². The Kier molecular flexibility index (Phi) is 5.03. The molecular formula is C22H13F7N2O. The Balaban J connectivity index is 1.79. The average molecular weight is 454 g/mol. The predicted octanol–water partition coefficient (Wildman–Crippen LogP) is 7.18. The summed E-state index contributed by atoms with van der Waals surface area (Å²) in [5.41, 5.74) is 2.53. The van der Waals surface area contributed by atoms with Gasteiger partial charge in [0.1, 0.15) is 22.7 Å². The Morgan fingerprint density at radius 3 is 1.91 bits per heavy atom. The standard InChI is InChI=1S/C22H13F7N2O/c23-13-1-3-15(4-2-13)31-8-7-12-9-16(5-6-19(12)31)32-20-17(21(24,25)26)10-14(30)11-18(20)22(27,28)29/h1-11H,30H2. The molecule has 0 saturated carbocycles. The van der Waals surface area contributed by atoms with Crippen LogP contribution in [-0.4, -0.2) is 4.57 Å². The Bertz CT molecular complexity index is 1250. The third-order valence-corrected chi connectivity index (χ3v) is 4.71. The second kappa shape index (κ2) is 7.47. The van der Waals surface area contributed by atoms with Gasteiger partial charge in [0.2, 0.25) is 0 Å². The van der Waals surface area contributed by atoms with Crippen LogP contribution in [-0.2, 0) is 12.4 Å². The van der Waals surface area contributed by atoms with Crippen molar-refractivity contribution in [1.82, 2.24) is 4.57 Å². The van der Waals surface area contributed by atoms with Gasteiger partial charge >= 0.3 is 12.4 Å². The fourth-order valence-electron chi connectivity index (χ4n) is 3.31. The molecule has 0 atom stereocenters. The topological polar surface area (TPSA) is 40.2 Å². The van der Waals surface area contributed by atoms with Gasteiger partial charge in [0.25, 0.3) is 0 Å². The maximum absolute atomic E-state index is 13.4. The number of nitrogens with zero attached hydrogens (tertiary/aromatic N) is 1. The van der Waals surface area contributed by atoms with Crippen LogP contribution in [0.15, 0.2) is 66.9 Å². The first-order chi connectivity index (χ1) is 14.9. The van der Waals surface area contributed by atoms with Gasteiger partial charge in [-0.1, -0.05) is 0 Å².